The van der Waals surface area contributed by atoms with E-state index in [1.165, 1.54) is 5.56 Å². The van der Waals surface area contributed by atoms with Crippen LogP contribution in [-0.2, 0) is 18.8 Å². The number of hydrogen-bond acceptors (Lipinski definition) is 8. The van der Waals surface area contributed by atoms with E-state index in [0.717, 1.165) is 41.2 Å². The maximum atomic E-state index is 4.21. The molecule has 0 spiro atoms. The normalized spacial score (nSPS) is 10.9. The first kappa shape index (κ1) is 16.8. The number of hydrogen-bond donors (Lipinski definition) is 1. The summed E-state index contributed by atoms with van der Waals surface area (Å²) in [5, 5.41) is 24.4. The third kappa shape index (κ3) is 4.75. The van der Waals surface area contributed by atoms with Crippen molar-refractivity contribution in [3.8, 4) is 0 Å². The third-order valence-electron chi connectivity index (χ3n) is 3.35. The van der Waals surface area contributed by atoms with Crippen LogP contribution < -0.4 is 5.32 Å². The first-order valence-electron chi connectivity index (χ1n) is 7.84. The monoisotopic (exact) mass is 361 g/mol. The van der Waals surface area contributed by atoms with Crippen molar-refractivity contribution in [2.45, 2.75) is 42.9 Å². The fourth-order valence-electron chi connectivity index (χ4n) is 2.05. The first-order chi connectivity index (χ1) is 11.8. The molecule has 0 aliphatic heterocycles. The standard InChI is InChI=1S/C15H19N7S2/c1-2-3-9-22-13(17-20-21-22)11-23-15-19-18-14(24-15)16-10-12-7-5-4-6-8-12/h4-8H,2-3,9-11H2,1H3,(H,16,18). The van der Waals surface area contributed by atoms with Crippen molar-refractivity contribution in [3.05, 3.63) is 41.7 Å². The summed E-state index contributed by atoms with van der Waals surface area (Å²) in [5.74, 6) is 1.58. The Morgan fingerprint density at radius 2 is 2.04 bits per heavy atom. The SMILES string of the molecule is CCCCn1nnnc1CSc1nnc(NCc2ccccc2)s1. The summed E-state index contributed by atoms with van der Waals surface area (Å²) in [6.45, 7) is 3.76. The Hall–Kier alpha value is -2.00. The molecule has 0 bridgehead atoms. The van der Waals surface area contributed by atoms with Gasteiger partial charge in [-0.2, -0.15) is 0 Å². The minimum Gasteiger partial charge on any atom is -0.356 e. The van der Waals surface area contributed by atoms with Gasteiger partial charge in [-0.05, 0) is 22.4 Å². The van der Waals surface area contributed by atoms with Crippen LogP contribution in [0.3, 0.4) is 0 Å². The minimum atomic E-state index is 0.698. The molecule has 126 valence electrons. The molecule has 2 heterocycles. The molecule has 0 atom stereocenters. The number of anilines is 1. The molecule has 7 nitrogen and oxygen atoms in total. The van der Waals surface area contributed by atoms with E-state index in [0.29, 0.717) is 5.75 Å². The number of tetrazole rings is 1. The Bertz CT molecular complexity index is 741. The van der Waals surface area contributed by atoms with Crippen LogP contribution in [0.1, 0.15) is 31.2 Å². The van der Waals surface area contributed by atoms with E-state index in [1.807, 2.05) is 22.9 Å². The number of aromatic nitrogens is 6. The van der Waals surface area contributed by atoms with Gasteiger partial charge in [-0.25, -0.2) is 4.68 Å². The van der Waals surface area contributed by atoms with Crippen LogP contribution in [-0.4, -0.2) is 30.4 Å². The highest BCUT2D eigenvalue weighted by Gasteiger charge is 2.09. The minimum absolute atomic E-state index is 0.698. The Morgan fingerprint density at radius 1 is 1.17 bits per heavy atom. The molecular weight excluding hydrogens is 342 g/mol. The van der Waals surface area contributed by atoms with Gasteiger partial charge in [0.15, 0.2) is 10.2 Å². The highest BCUT2D eigenvalue weighted by Crippen LogP contribution is 2.27. The second kappa shape index (κ2) is 8.74. The molecule has 2 aromatic heterocycles. The van der Waals surface area contributed by atoms with Gasteiger partial charge in [-0.15, -0.1) is 15.3 Å². The molecule has 0 radical (unpaired) electrons. The van der Waals surface area contributed by atoms with E-state index in [2.05, 4.69) is 50.1 Å². The first-order valence-corrected chi connectivity index (χ1v) is 9.64. The van der Waals surface area contributed by atoms with Crippen LogP contribution in [0.2, 0.25) is 0 Å². The van der Waals surface area contributed by atoms with Gasteiger partial charge < -0.3 is 5.32 Å². The maximum Gasteiger partial charge on any atom is 0.206 e. The molecule has 0 unspecified atom stereocenters. The van der Waals surface area contributed by atoms with Crippen LogP contribution in [0.4, 0.5) is 5.13 Å². The Labute approximate surface area is 148 Å². The molecule has 0 fully saturated rings. The zero-order valence-corrected chi connectivity index (χ0v) is 15.1. The molecular formula is C15H19N7S2. The zero-order chi connectivity index (χ0) is 16.6. The molecule has 1 aromatic carbocycles. The molecule has 0 aliphatic rings. The molecule has 9 heteroatoms. The van der Waals surface area contributed by atoms with E-state index in [9.17, 15) is 0 Å². The van der Waals surface area contributed by atoms with Gasteiger partial charge in [0.1, 0.15) is 0 Å². The van der Waals surface area contributed by atoms with Gasteiger partial charge in [0, 0.05) is 13.1 Å². The van der Waals surface area contributed by atoms with Crippen molar-refractivity contribution < 1.29 is 0 Å². The van der Waals surface area contributed by atoms with Gasteiger partial charge in [0.25, 0.3) is 0 Å². The van der Waals surface area contributed by atoms with Crippen molar-refractivity contribution in [2.75, 3.05) is 5.32 Å². The van der Waals surface area contributed by atoms with Crippen LogP contribution in [0, 0.1) is 0 Å². The lowest BCUT2D eigenvalue weighted by Gasteiger charge is -2.02. The largest absolute Gasteiger partial charge is 0.356 e. The fraction of sp³-hybridized carbons (Fsp3) is 0.400. The van der Waals surface area contributed by atoms with Crippen LogP contribution in [0.15, 0.2) is 34.7 Å². The van der Waals surface area contributed by atoms with Gasteiger partial charge in [-0.1, -0.05) is 66.8 Å². The second-order valence-corrected chi connectivity index (χ2v) is 7.37. The van der Waals surface area contributed by atoms with E-state index in [4.69, 9.17) is 0 Å². The zero-order valence-electron chi connectivity index (χ0n) is 13.4. The summed E-state index contributed by atoms with van der Waals surface area (Å²) in [6.07, 6.45) is 2.20. The van der Waals surface area contributed by atoms with Crippen molar-refractivity contribution in [3.63, 3.8) is 0 Å². The molecule has 3 aromatic rings. The lowest BCUT2D eigenvalue weighted by molar-refractivity contribution is 0.540. The molecule has 1 N–H and O–H groups in total. The Morgan fingerprint density at radius 3 is 2.88 bits per heavy atom. The van der Waals surface area contributed by atoms with Crippen molar-refractivity contribution in [2.24, 2.45) is 0 Å². The van der Waals surface area contributed by atoms with E-state index in [-0.39, 0.29) is 0 Å². The Balaban J connectivity index is 1.50. The molecule has 3 rings (SSSR count). The Kier molecular flexibility index (Phi) is 6.13. The third-order valence-corrected chi connectivity index (χ3v) is 5.36. The predicted octanol–water partition coefficient (Wildman–Crippen LogP) is 3.23. The summed E-state index contributed by atoms with van der Waals surface area (Å²) >= 11 is 3.16. The van der Waals surface area contributed by atoms with Crippen molar-refractivity contribution in [1.29, 1.82) is 0 Å². The summed E-state index contributed by atoms with van der Waals surface area (Å²) < 4.78 is 2.78. The highest BCUT2D eigenvalue weighted by molar-refractivity contribution is 8.00. The number of thioether (sulfide) groups is 1. The highest BCUT2D eigenvalue weighted by atomic mass is 32.2. The molecule has 24 heavy (non-hydrogen) atoms. The summed E-state index contributed by atoms with van der Waals surface area (Å²) in [6, 6.07) is 10.2. The number of benzene rings is 1. The van der Waals surface area contributed by atoms with E-state index < -0.39 is 0 Å². The van der Waals surface area contributed by atoms with Crippen LogP contribution >= 0.6 is 23.1 Å². The van der Waals surface area contributed by atoms with Crippen molar-refractivity contribution >= 4 is 28.2 Å². The predicted molar refractivity (Wildman–Crippen MR) is 96.0 cm³/mol. The van der Waals surface area contributed by atoms with Crippen LogP contribution in [0.25, 0.3) is 0 Å². The second-order valence-electron chi connectivity index (χ2n) is 5.17. The average Bonchev–Trinajstić information content (AvgIpc) is 3.26. The summed E-state index contributed by atoms with van der Waals surface area (Å²) in [4.78, 5) is 0. The maximum absolute atomic E-state index is 4.21. The van der Waals surface area contributed by atoms with Gasteiger partial charge >= 0.3 is 0 Å². The van der Waals surface area contributed by atoms with Gasteiger partial charge in [0.05, 0.1) is 5.75 Å². The van der Waals surface area contributed by atoms with Crippen molar-refractivity contribution in [1.82, 2.24) is 30.4 Å². The van der Waals surface area contributed by atoms with Gasteiger partial charge in [0.2, 0.25) is 5.13 Å². The van der Waals surface area contributed by atoms with E-state index >= 15 is 0 Å². The summed E-state index contributed by atoms with van der Waals surface area (Å²) in [7, 11) is 0. The fourth-order valence-corrected chi connectivity index (χ4v) is 3.73. The lowest BCUT2D eigenvalue weighted by atomic mass is 10.2. The summed E-state index contributed by atoms with van der Waals surface area (Å²) in [5.41, 5.74) is 1.22. The molecule has 0 aliphatic carbocycles. The quantitative estimate of drug-likeness (QED) is 0.586. The van der Waals surface area contributed by atoms with Crippen LogP contribution in [0.5, 0.6) is 0 Å². The average molecular weight is 362 g/mol. The van der Waals surface area contributed by atoms with E-state index in [1.54, 1.807) is 23.1 Å². The molecule has 0 saturated carbocycles. The number of rotatable bonds is 9. The number of aryl methyl sites for hydroxylation is 1. The number of unbranched alkanes of at least 4 members (excludes halogenated alkanes) is 1. The molecule has 0 saturated heterocycles. The topological polar surface area (TPSA) is 81.4 Å². The number of nitrogens with one attached hydrogen (secondary N) is 1. The lowest BCUT2D eigenvalue weighted by Crippen LogP contribution is -2.04. The smallest absolute Gasteiger partial charge is 0.206 e. The number of nitrogens with zero attached hydrogens (tertiary/aromatic N) is 6. The van der Waals surface area contributed by atoms with Gasteiger partial charge in [-0.3, -0.25) is 0 Å². The molecule has 0 amide bonds.